The highest BCUT2D eigenvalue weighted by Gasteiger charge is 2.43. The largest absolute Gasteiger partial charge is 0.542 e. The summed E-state index contributed by atoms with van der Waals surface area (Å²) in [6.07, 6.45) is -4.43. The molecule has 0 aromatic rings. The Morgan fingerprint density at radius 2 is 1.74 bits per heavy atom. The number of halogens is 3. The molecule has 7 heteroatoms. The molecule has 1 unspecified atom stereocenters. The quantitative estimate of drug-likeness (QED) is 0.790. The predicted octanol–water partition coefficient (Wildman–Crippen LogP) is 3.69. The Morgan fingerprint density at radius 3 is 2.11 bits per heavy atom. The number of rotatable bonds is 2. The molecule has 0 saturated heterocycles. The molecule has 1 heterocycles. The summed E-state index contributed by atoms with van der Waals surface area (Å²) in [6.45, 7) is 9.85. The fourth-order valence-corrected chi connectivity index (χ4v) is 2.22. The summed E-state index contributed by atoms with van der Waals surface area (Å²) in [7, 11) is -2.22. The second-order valence-corrected chi connectivity index (χ2v) is 10.7. The Bertz CT molecular complexity index is 405. The minimum Gasteiger partial charge on any atom is -0.542 e. The molecule has 0 spiro atoms. The van der Waals surface area contributed by atoms with Gasteiger partial charge in [-0.05, 0) is 30.3 Å². The third-order valence-electron chi connectivity index (χ3n) is 3.34. The number of ether oxygens (including phenoxy) is 1. The van der Waals surface area contributed by atoms with E-state index in [0.717, 1.165) is 12.2 Å². The molecule has 0 aliphatic carbocycles. The predicted molar refractivity (Wildman–Crippen MR) is 67.6 cm³/mol. The van der Waals surface area contributed by atoms with Crippen LogP contribution in [0, 0.1) is 0 Å². The molecule has 1 atom stereocenters. The van der Waals surface area contributed by atoms with Crippen LogP contribution in [0.4, 0.5) is 13.2 Å². The van der Waals surface area contributed by atoms with Gasteiger partial charge in [0.2, 0.25) is 14.1 Å². The third-order valence-corrected chi connectivity index (χ3v) is 7.70. The lowest BCUT2D eigenvalue weighted by Gasteiger charge is -2.38. The van der Waals surface area contributed by atoms with Gasteiger partial charge in [-0.1, -0.05) is 20.8 Å². The van der Waals surface area contributed by atoms with Gasteiger partial charge in [-0.2, -0.15) is 13.2 Å². The van der Waals surface area contributed by atoms with Crippen LogP contribution in [-0.4, -0.2) is 25.9 Å². The van der Waals surface area contributed by atoms with E-state index in [1.165, 1.54) is 0 Å². The normalized spacial score (nSPS) is 21.4. The zero-order chi connectivity index (χ0) is 15.1. The lowest BCUT2D eigenvalue weighted by Crippen LogP contribution is -2.42. The first kappa shape index (κ1) is 16.1. The van der Waals surface area contributed by atoms with Crippen molar-refractivity contribution < 1.29 is 27.4 Å². The fraction of sp³-hybridized carbons (Fsp3) is 0.667. The Hall–Kier alpha value is -0.953. The second-order valence-electron chi connectivity index (χ2n) is 5.93. The van der Waals surface area contributed by atoms with Gasteiger partial charge in [-0.3, -0.25) is 0 Å². The molecule has 1 aliphatic heterocycles. The van der Waals surface area contributed by atoms with Crippen molar-refractivity contribution in [1.82, 2.24) is 0 Å². The van der Waals surface area contributed by atoms with E-state index in [1.54, 1.807) is 0 Å². The summed E-state index contributed by atoms with van der Waals surface area (Å²) < 4.78 is 47.4. The maximum absolute atomic E-state index is 12.4. The standard InChI is InChI=1S/C12H19F3O3Si/c1-11(2,3)19(4,5)18-8-6-7-9(12(13,14)15)17-10(8)16/h6-7,10,16H,1-5H3. The SMILES string of the molecule is CC(C)(C)[Si](C)(C)OC1=CC=C(C(F)(F)F)OC1O. The molecule has 0 aromatic carbocycles. The molecule has 0 fully saturated rings. The van der Waals surface area contributed by atoms with E-state index in [9.17, 15) is 18.3 Å². The third kappa shape index (κ3) is 3.76. The van der Waals surface area contributed by atoms with Crippen LogP contribution >= 0.6 is 0 Å². The zero-order valence-corrected chi connectivity index (χ0v) is 12.6. The molecule has 110 valence electrons. The minimum atomic E-state index is -4.61. The van der Waals surface area contributed by atoms with E-state index >= 15 is 0 Å². The summed E-state index contributed by atoms with van der Waals surface area (Å²) in [5.41, 5.74) is 0. The topological polar surface area (TPSA) is 38.7 Å². The van der Waals surface area contributed by atoms with Crippen LogP contribution in [0.2, 0.25) is 18.1 Å². The Kier molecular flexibility index (Phi) is 4.12. The Morgan fingerprint density at radius 1 is 1.21 bits per heavy atom. The molecule has 1 rings (SSSR count). The van der Waals surface area contributed by atoms with Crippen molar-refractivity contribution in [2.24, 2.45) is 0 Å². The number of alkyl halides is 3. The number of aliphatic hydroxyl groups excluding tert-OH is 1. The first-order valence-electron chi connectivity index (χ1n) is 5.87. The smallest absolute Gasteiger partial charge is 0.449 e. The van der Waals surface area contributed by atoms with Crippen molar-refractivity contribution in [3.8, 4) is 0 Å². The molecule has 1 N–H and O–H groups in total. The van der Waals surface area contributed by atoms with E-state index in [2.05, 4.69) is 4.74 Å². The Balaban J connectivity index is 2.93. The zero-order valence-electron chi connectivity index (χ0n) is 11.6. The highest BCUT2D eigenvalue weighted by molar-refractivity contribution is 6.74. The van der Waals surface area contributed by atoms with E-state index in [0.29, 0.717) is 0 Å². The van der Waals surface area contributed by atoms with Gasteiger partial charge in [0.05, 0.1) is 0 Å². The number of aliphatic hydroxyl groups is 1. The molecule has 19 heavy (non-hydrogen) atoms. The fourth-order valence-electron chi connectivity index (χ4n) is 1.15. The van der Waals surface area contributed by atoms with Gasteiger partial charge in [-0.15, -0.1) is 0 Å². The van der Waals surface area contributed by atoms with Crippen LogP contribution in [0.5, 0.6) is 0 Å². The molecule has 0 radical (unpaired) electrons. The maximum atomic E-state index is 12.4. The van der Waals surface area contributed by atoms with Crippen LogP contribution in [0.15, 0.2) is 23.7 Å². The van der Waals surface area contributed by atoms with Crippen molar-refractivity contribution in [3.05, 3.63) is 23.7 Å². The van der Waals surface area contributed by atoms with Gasteiger partial charge >= 0.3 is 6.18 Å². The van der Waals surface area contributed by atoms with Crippen molar-refractivity contribution in [2.45, 2.75) is 51.4 Å². The molecule has 0 saturated carbocycles. The van der Waals surface area contributed by atoms with E-state index in [1.807, 2.05) is 33.9 Å². The van der Waals surface area contributed by atoms with Gasteiger partial charge in [0.15, 0.2) is 0 Å². The summed E-state index contributed by atoms with van der Waals surface area (Å²) in [5, 5.41) is 9.47. The molecular formula is C12H19F3O3Si. The van der Waals surface area contributed by atoms with Crippen molar-refractivity contribution >= 4 is 8.32 Å². The first-order chi connectivity index (χ1) is 8.34. The molecular weight excluding hydrogens is 277 g/mol. The summed E-state index contributed by atoms with van der Waals surface area (Å²) in [5.74, 6) is -1.19. The van der Waals surface area contributed by atoms with Crippen LogP contribution in [0.1, 0.15) is 20.8 Å². The lowest BCUT2D eigenvalue weighted by molar-refractivity contribution is -0.169. The van der Waals surface area contributed by atoms with Gasteiger partial charge in [0.1, 0.15) is 5.76 Å². The molecule has 3 nitrogen and oxygen atoms in total. The lowest BCUT2D eigenvalue weighted by atomic mass is 10.2. The summed E-state index contributed by atoms with van der Waals surface area (Å²) >= 11 is 0. The average molecular weight is 296 g/mol. The first-order valence-corrected chi connectivity index (χ1v) is 8.78. The molecule has 0 amide bonds. The van der Waals surface area contributed by atoms with Crippen molar-refractivity contribution in [1.29, 1.82) is 0 Å². The van der Waals surface area contributed by atoms with Crippen LogP contribution in [0.25, 0.3) is 0 Å². The number of allylic oxidation sites excluding steroid dienone is 3. The van der Waals surface area contributed by atoms with Crippen LogP contribution < -0.4 is 0 Å². The van der Waals surface area contributed by atoms with E-state index < -0.39 is 26.5 Å². The van der Waals surface area contributed by atoms with Gasteiger partial charge in [0, 0.05) is 0 Å². The highest BCUT2D eigenvalue weighted by Crippen LogP contribution is 2.39. The highest BCUT2D eigenvalue weighted by atomic mass is 28.4. The number of hydrogen-bond acceptors (Lipinski definition) is 3. The van der Waals surface area contributed by atoms with Gasteiger partial charge in [0.25, 0.3) is 6.29 Å². The Labute approximate surface area is 111 Å². The van der Waals surface area contributed by atoms with E-state index in [4.69, 9.17) is 4.43 Å². The van der Waals surface area contributed by atoms with Crippen LogP contribution in [0.3, 0.4) is 0 Å². The van der Waals surface area contributed by atoms with Gasteiger partial charge < -0.3 is 14.3 Å². The van der Waals surface area contributed by atoms with Gasteiger partial charge in [-0.25, -0.2) is 0 Å². The van der Waals surface area contributed by atoms with Crippen molar-refractivity contribution in [3.63, 3.8) is 0 Å². The monoisotopic (exact) mass is 296 g/mol. The molecule has 0 aromatic heterocycles. The number of hydrogen-bond donors (Lipinski definition) is 1. The minimum absolute atomic E-state index is 0.0274. The average Bonchev–Trinajstić information content (AvgIpc) is 2.17. The molecule has 0 bridgehead atoms. The summed E-state index contributed by atoms with van der Waals surface area (Å²) in [4.78, 5) is 0. The van der Waals surface area contributed by atoms with Crippen LogP contribution in [-0.2, 0) is 9.16 Å². The molecule has 1 aliphatic rings. The summed E-state index contributed by atoms with van der Waals surface area (Å²) in [6, 6.07) is 0. The van der Waals surface area contributed by atoms with Crippen molar-refractivity contribution in [2.75, 3.05) is 0 Å². The second kappa shape index (κ2) is 4.86. The van der Waals surface area contributed by atoms with E-state index in [-0.39, 0.29) is 10.8 Å². The maximum Gasteiger partial charge on any atom is 0.449 e.